The Morgan fingerprint density at radius 1 is 1.07 bits per heavy atom. The Morgan fingerprint density at radius 3 is 2.62 bits per heavy atom. The van der Waals surface area contributed by atoms with Gasteiger partial charge in [-0.2, -0.15) is 0 Å². The van der Waals surface area contributed by atoms with Gasteiger partial charge in [-0.25, -0.2) is 0 Å². The van der Waals surface area contributed by atoms with Crippen LogP contribution in [0.5, 0.6) is 11.5 Å². The molecular formula is C22H27N3O3S. The maximum Gasteiger partial charge on any atom is 0.231 e. The third-order valence-electron chi connectivity index (χ3n) is 5.22. The molecule has 0 unspecified atom stereocenters. The van der Waals surface area contributed by atoms with Crippen LogP contribution in [0.15, 0.2) is 42.5 Å². The SMILES string of the molecule is Cc1ccc([C@H](CN2CCOCC2)NC(=S)NCc2ccc3c(c2)OCO3)cc1. The zero-order valence-corrected chi connectivity index (χ0v) is 17.5. The predicted octanol–water partition coefficient (Wildman–Crippen LogP) is 2.76. The van der Waals surface area contributed by atoms with Gasteiger partial charge in [0.25, 0.3) is 0 Å². The summed E-state index contributed by atoms with van der Waals surface area (Å²) in [5.41, 5.74) is 3.58. The first kappa shape index (κ1) is 19.9. The lowest BCUT2D eigenvalue weighted by Crippen LogP contribution is -2.45. The van der Waals surface area contributed by atoms with Gasteiger partial charge in [0.2, 0.25) is 6.79 Å². The Kier molecular flexibility index (Phi) is 6.49. The molecule has 2 heterocycles. The second-order valence-corrected chi connectivity index (χ2v) is 7.80. The summed E-state index contributed by atoms with van der Waals surface area (Å²) in [6.07, 6.45) is 0. The number of benzene rings is 2. The van der Waals surface area contributed by atoms with Crippen LogP contribution in [0.4, 0.5) is 0 Å². The minimum atomic E-state index is 0.116. The highest BCUT2D eigenvalue weighted by Gasteiger charge is 2.19. The van der Waals surface area contributed by atoms with Crippen molar-refractivity contribution in [1.29, 1.82) is 0 Å². The molecule has 0 amide bonds. The van der Waals surface area contributed by atoms with E-state index < -0.39 is 0 Å². The van der Waals surface area contributed by atoms with Crippen molar-refractivity contribution in [3.63, 3.8) is 0 Å². The molecule has 0 saturated carbocycles. The third-order valence-corrected chi connectivity index (χ3v) is 5.48. The van der Waals surface area contributed by atoms with E-state index in [4.69, 9.17) is 26.4 Å². The number of hydrogen-bond donors (Lipinski definition) is 2. The number of nitrogens with zero attached hydrogens (tertiary/aromatic N) is 1. The fourth-order valence-electron chi connectivity index (χ4n) is 3.52. The zero-order chi connectivity index (χ0) is 20.1. The van der Waals surface area contributed by atoms with Crippen LogP contribution in [0.1, 0.15) is 22.7 Å². The van der Waals surface area contributed by atoms with E-state index in [1.807, 2.05) is 18.2 Å². The van der Waals surface area contributed by atoms with Crippen molar-refractivity contribution in [2.24, 2.45) is 0 Å². The predicted molar refractivity (Wildman–Crippen MR) is 116 cm³/mol. The van der Waals surface area contributed by atoms with Crippen molar-refractivity contribution in [2.75, 3.05) is 39.6 Å². The molecule has 2 aliphatic rings. The normalized spacial score (nSPS) is 17.0. The molecule has 4 rings (SSSR count). The summed E-state index contributed by atoms with van der Waals surface area (Å²) in [6.45, 7) is 7.36. The Bertz CT molecular complexity index is 838. The topological polar surface area (TPSA) is 55.0 Å². The van der Waals surface area contributed by atoms with Crippen LogP contribution >= 0.6 is 12.2 Å². The maximum atomic E-state index is 5.60. The lowest BCUT2D eigenvalue weighted by Gasteiger charge is -2.31. The van der Waals surface area contributed by atoms with Crippen LogP contribution in [-0.4, -0.2) is 49.7 Å². The fourth-order valence-corrected chi connectivity index (χ4v) is 3.73. The minimum absolute atomic E-state index is 0.116. The van der Waals surface area contributed by atoms with Crippen LogP contribution in [0, 0.1) is 6.92 Å². The van der Waals surface area contributed by atoms with Crippen LogP contribution in [0.2, 0.25) is 0 Å². The van der Waals surface area contributed by atoms with Gasteiger partial charge in [-0.3, -0.25) is 4.90 Å². The maximum absolute atomic E-state index is 5.60. The van der Waals surface area contributed by atoms with E-state index >= 15 is 0 Å². The molecule has 0 spiro atoms. The summed E-state index contributed by atoms with van der Waals surface area (Å²) in [4.78, 5) is 2.42. The van der Waals surface area contributed by atoms with Gasteiger partial charge in [-0.05, 0) is 42.4 Å². The Labute approximate surface area is 177 Å². The van der Waals surface area contributed by atoms with Crippen molar-refractivity contribution in [3.05, 3.63) is 59.2 Å². The average Bonchev–Trinajstić information content (AvgIpc) is 3.21. The number of morpholine rings is 1. The van der Waals surface area contributed by atoms with Crippen molar-refractivity contribution in [2.45, 2.75) is 19.5 Å². The van der Waals surface area contributed by atoms with Crippen LogP contribution < -0.4 is 20.1 Å². The van der Waals surface area contributed by atoms with Crippen molar-refractivity contribution in [1.82, 2.24) is 15.5 Å². The lowest BCUT2D eigenvalue weighted by atomic mass is 10.0. The summed E-state index contributed by atoms with van der Waals surface area (Å²) in [5, 5.41) is 7.46. The minimum Gasteiger partial charge on any atom is -0.454 e. The molecule has 2 aromatic rings. The highest BCUT2D eigenvalue weighted by Crippen LogP contribution is 2.32. The first-order valence-corrected chi connectivity index (χ1v) is 10.4. The fraction of sp³-hybridized carbons (Fsp3) is 0.409. The molecule has 0 aromatic heterocycles. The molecule has 29 heavy (non-hydrogen) atoms. The van der Waals surface area contributed by atoms with Gasteiger partial charge in [0.05, 0.1) is 19.3 Å². The van der Waals surface area contributed by atoms with Crippen LogP contribution in [-0.2, 0) is 11.3 Å². The van der Waals surface area contributed by atoms with E-state index in [0.29, 0.717) is 11.7 Å². The molecule has 0 aliphatic carbocycles. The quantitative estimate of drug-likeness (QED) is 0.707. The van der Waals surface area contributed by atoms with Gasteiger partial charge in [-0.1, -0.05) is 35.9 Å². The standard InChI is InChI=1S/C22H27N3O3S/c1-16-2-5-18(6-3-16)19(14-25-8-10-26-11-9-25)24-22(29)23-13-17-4-7-20-21(12-17)28-15-27-20/h2-7,12,19H,8-11,13-15H2,1H3,(H2,23,24,29)/t19-/m0/s1. The summed E-state index contributed by atoms with van der Waals surface area (Å²) < 4.78 is 16.3. The number of fused-ring (bicyclic) bond motifs is 1. The lowest BCUT2D eigenvalue weighted by molar-refractivity contribution is 0.0343. The Morgan fingerprint density at radius 2 is 1.83 bits per heavy atom. The number of nitrogens with one attached hydrogen (secondary N) is 2. The van der Waals surface area contributed by atoms with Gasteiger partial charge in [0.15, 0.2) is 16.6 Å². The largest absolute Gasteiger partial charge is 0.454 e. The first-order chi connectivity index (χ1) is 14.2. The van der Waals surface area contributed by atoms with Gasteiger partial charge >= 0.3 is 0 Å². The number of hydrogen-bond acceptors (Lipinski definition) is 5. The summed E-state index contributed by atoms with van der Waals surface area (Å²) in [7, 11) is 0. The molecule has 154 valence electrons. The van der Waals surface area contributed by atoms with E-state index in [-0.39, 0.29) is 12.8 Å². The molecule has 0 radical (unpaired) electrons. The van der Waals surface area contributed by atoms with E-state index in [1.54, 1.807) is 0 Å². The monoisotopic (exact) mass is 413 g/mol. The number of aryl methyl sites for hydroxylation is 1. The molecule has 1 atom stereocenters. The van der Waals surface area contributed by atoms with Crippen molar-refractivity contribution in [3.8, 4) is 11.5 Å². The molecule has 1 saturated heterocycles. The second-order valence-electron chi connectivity index (χ2n) is 7.39. The summed E-state index contributed by atoms with van der Waals surface area (Å²) in [5.74, 6) is 1.58. The van der Waals surface area contributed by atoms with Crippen molar-refractivity contribution < 1.29 is 14.2 Å². The Hall–Kier alpha value is -2.35. The molecule has 7 heteroatoms. The third kappa shape index (κ3) is 5.38. The van der Waals surface area contributed by atoms with E-state index in [0.717, 1.165) is 49.9 Å². The smallest absolute Gasteiger partial charge is 0.231 e. The van der Waals surface area contributed by atoms with Crippen LogP contribution in [0.3, 0.4) is 0 Å². The molecule has 2 aromatic carbocycles. The average molecular weight is 414 g/mol. The van der Waals surface area contributed by atoms with E-state index in [9.17, 15) is 0 Å². The highest BCUT2D eigenvalue weighted by atomic mass is 32.1. The van der Waals surface area contributed by atoms with E-state index in [1.165, 1.54) is 11.1 Å². The molecule has 6 nitrogen and oxygen atoms in total. The number of thiocarbonyl (C=S) groups is 1. The number of ether oxygens (including phenoxy) is 3. The Balaban J connectivity index is 1.37. The number of rotatable bonds is 6. The van der Waals surface area contributed by atoms with Gasteiger partial charge in [0.1, 0.15) is 0 Å². The second kappa shape index (κ2) is 9.43. The molecule has 1 fully saturated rings. The van der Waals surface area contributed by atoms with Crippen LogP contribution in [0.25, 0.3) is 0 Å². The summed E-state index contributed by atoms with van der Waals surface area (Å²) in [6, 6.07) is 14.7. The molecule has 0 bridgehead atoms. The molecule has 2 aliphatic heterocycles. The highest BCUT2D eigenvalue weighted by molar-refractivity contribution is 7.80. The van der Waals surface area contributed by atoms with Gasteiger partial charge < -0.3 is 24.8 Å². The summed E-state index contributed by atoms with van der Waals surface area (Å²) >= 11 is 5.60. The van der Waals surface area contributed by atoms with Gasteiger partial charge in [0, 0.05) is 26.2 Å². The first-order valence-electron chi connectivity index (χ1n) is 9.97. The zero-order valence-electron chi connectivity index (χ0n) is 16.6. The molecular weight excluding hydrogens is 386 g/mol. The molecule has 2 N–H and O–H groups in total. The van der Waals surface area contributed by atoms with Gasteiger partial charge in [-0.15, -0.1) is 0 Å². The van der Waals surface area contributed by atoms with Crippen molar-refractivity contribution >= 4 is 17.3 Å². The van der Waals surface area contributed by atoms with E-state index in [2.05, 4.69) is 46.7 Å².